The van der Waals surface area contributed by atoms with E-state index in [1.54, 1.807) is 0 Å². The quantitative estimate of drug-likeness (QED) is 0.769. The molecule has 0 N–H and O–H groups in total. The van der Waals surface area contributed by atoms with E-state index in [0.29, 0.717) is 0 Å². The number of nitrogens with zero attached hydrogens (tertiary/aromatic N) is 3. The maximum absolute atomic E-state index is 4.31. The van der Waals surface area contributed by atoms with Gasteiger partial charge in [-0.25, -0.2) is 0 Å². The first-order chi connectivity index (χ1) is 7.30. The summed E-state index contributed by atoms with van der Waals surface area (Å²) in [6.07, 6.45) is 0. The summed E-state index contributed by atoms with van der Waals surface area (Å²) in [6, 6.07) is 0. The molecule has 1 rings (SSSR count). The van der Waals surface area contributed by atoms with Crippen LogP contribution in [0.15, 0.2) is 0 Å². The fourth-order valence-corrected chi connectivity index (χ4v) is 5.56. The predicted octanol–water partition coefficient (Wildman–Crippen LogP) is 1.75. The maximum atomic E-state index is 4.31. The second kappa shape index (κ2) is 8.54. The summed E-state index contributed by atoms with van der Waals surface area (Å²) in [4.78, 5) is 12.9. The molecule has 0 fully saturated rings. The van der Waals surface area contributed by atoms with Crippen molar-refractivity contribution in [2.75, 3.05) is 0 Å². The van der Waals surface area contributed by atoms with Crippen LogP contribution in [0.2, 0.25) is 0 Å². The van der Waals surface area contributed by atoms with Crippen molar-refractivity contribution in [1.29, 1.82) is 0 Å². The molecule has 0 bridgehead atoms. The number of hydrogen-bond donors (Lipinski definition) is 0. The molecule has 12 heteroatoms. The van der Waals surface area contributed by atoms with Gasteiger partial charge in [0.25, 0.3) is 0 Å². The largest absolute Gasteiger partial charge is 0.199 e. The molecule has 0 saturated carbocycles. The van der Waals surface area contributed by atoms with Crippen molar-refractivity contribution in [2.45, 2.75) is 0 Å². The van der Waals surface area contributed by atoms with Gasteiger partial charge in [0.2, 0.25) is 0 Å². The molecule has 0 unspecified atom stereocenters. The highest BCUT2D eigenvalue weighted by Gasteiger charge is 2.01. The smallest absolute Gasteiger partial charge is 0.194 e. The van der Waals surface area contributed by atoms with Crippen LogP contribution in [0.25, 0.3) is 0 Å². The average Bonchev–Trinajstić information content (AvgIpc) is 2.19. The molecule has 3 nitrogen and oxygen atoms in total. The van der Waals surface area contributed by atoms with Crippen LogP contribution in [-0.4, -0.2) is 15.0 Å². The molecule has 0 aromatic carbocycles. The van der Waals surface area contributed by atoms with Gasteiger partial charge in [0, 0.05) is 22.1 Å². The highest BCUT2D eigenvalue weighted by molar-refractivity contribution is 8.24. The molecule has 1 aromatic rings. The van der Waals surface area contributed by atoms with Gasteiger partial charge < -0.3 is 0 Å². The van der Waals surface area contributed by atoms with Gasteiger partial charge in [-0.1, -0.05) is 54.4 Å². The summed E-state index contributed by atoms with van der Waals surface area (Å²) in [7, 11) is 17.4. The SMILES string of the molecule is P=S=Pc1nc(P=S=P)nc(P=S=P)n1. The van der Waals surface area contributed by atoms with E-state index in [9.17, 15) is 0 Å². The van der Waals surface area contributed by atoms with Crippen molar-refractivity contribution >= 4 is 93.2 Å². The van der Waals surface area contributed by atoms with E-state index in [1.165, 1.54) is 30.4 Å². The molecular formula is C3H3N3P6S3. The fraction of sp³-hybridized carbons (Fsp3) is 0. The maximum Gasteiger partial charge on any atom is 0.194 e. The van der Waals surface area contributed by atoms with Crippen LogP contribution < -0.4 is 16.7 Å². The molecule has 0 radical (unpaired) electrons. The summed E-state index contributed by atoms with van der Waals surface area (Å²) in [5.41, 5.74) is 2.32. The standard InChI is InChI=1S/C3H3N3P6S3/c7-13-10-1-4-2(11-14-8)6-3(5-1)12-15-9/h7-9H. The Hall–Kier alpha value is 1.47. The molecule has 0 aliphatic rings. The molecular weight excluding hydrogens is 360 g/mol. The Morgan fingerprint density at radius 3 is 1.13 bits per heavy atom. The van der Waals surface area contributed by atoms with Gasteiger partial charge in [-0.3, -0.25) is 0 Å². The summed E-state index contributed by atoms with van der Waals surface area (Å²) >= 11 is 0. The van der Waals surface area contributed by atoms with E-state index in [-0.39, 0.29) is 0 Å². The zero-order valence-electron chi connectivity index (χ0n) is 6.91. The Bertz CT molecular complexity index is 439. The molecule has 78 valence electrons. The Morgan fingerprint density at radius 1 is 0.667 bits per heavy atom. The Kier molecular flexibility index (Phi) is 8.28. The van der Waals surface area contributed by atoms with E-state index in [1.807, 2.05) is 0 Å². The van der Waals surface area contributed by atoms with Crippen LogP contribution >= 0.6 is 46.1 Å². The molecule has 0 aliphatic heterocycles. The summed E-state index contributed by atoms with van der Waals surface area (Å²) in [6.45, 7) is 0. The average molecular weight is 363 g/mol. The molecule has 0 atom stereocenters. The van der Waals surface area contributed by atoms with Crippen molar-refractivity contribution in [1.82, 2.24) is 15.0 Å². The number of hydrogen-bond acceptors (Lipinski definition) is 3. The van der Waals surface area contributed by atoms with Gasteiger partial charge in [-0.15, -0.1) is 0 Å². The lowest BCUT2D eigenvalue weighted by Crippen LogP contribution is -2.26. The monoisotopic (exact) mass is 363 g/mol. The van der Waals surface area contributed by atoms with E-state index in [4.69, 9.17) is 0 Å². The second-order valence-corrected chi connectivity index (χ2v) is 12.3. The Balaban J connectivity index is 3.36. The highest BCUT2D eigenvalue weighted by atomic mass is 32.7. The van der Waals surface area contributed by atoms with Gasteiger partial charge in [-0.2, -0.15) is 15.0 Å². The van der Waals surface area contributed by atoms with Crippen LogP contribution in [0.3, 0.4) is 0 Å². The molecule has 1 heterocycles. The lowest BCUT2D eigenvalue weighted by atomic mass is 11.1. The Labute approximate surface area is 107 Å². The van der Waals surface area contributed by atoms with Crippen LogP contribution in [0.4, 0.5) is 0 Å². The van der Waals surface area contributed by atoms with Crippen LogP contribution in [-0.2, 0) is 30.4 Å². The zero-order valence-corrected chi connectivity index (χ0v) is 15.0. The van der Waals surface area contributed by atoms with Gasteiger partial charge >= 0.3 is 0 Å². The van der Waals surface area contributed by atoms with Gasteiger partial charge in [-0.05, 0) is 0 Å². The number of aromatic nitrogens is 3. The minimum atomic E-state index is 0.774. The second-order valence-electron chi connectivity index (χ2n) is 1.78. The van der Waals surface area contributed by atoms with Crippen molar-refractivity contribution in [3.05, 3.63) is 0 Å². The third-order valence-corrected chi connectivity index (χ3v) is 7.10. The van der Waals surface area contributed by atoms with Gasteiger partial charge in [0.1, 0.15) is 0 Å². The predicted molar refractivity (Wildman–Crippen MR) is 86.5 cm³/mol. The normalized spacial score (nSPS) is 10.4. The number of rotatable bonds is 3. The van der Waals surface area contributed by atoms with Crippen LogP contribution in [0, 0.1) is 0 Å². The highest BCUT2D eigenvalue weighted by Crippen LogP contribution is 1.96. The third-order valence-electron chi connectivity index (χ3n) is 0.982. The topological polar surface area (TPSA) is 38.7 Å². The zero-order chi connectivity index (χ0) is 11.1. The first kappa shape index (κ1) is 14.5. The minimum absolute atomic E-state index is 0.774. The summed E-state index contributed by atoms with van der Waals surface area (Å²) < 4.78 is 0. The molecule has 1 aromatic heterocycles. The van der Waals surface area contributed by atoms with Crippen molar-refractivity contribution in [3.63, 3.8) is 0 Å². The first-order valence-corrected chi connectivity index (χ1v) is 13.8. The molecule has 15 heavy (non-hydrogen) atoms. The van der Waals surface area contributed by atoms with Crippen molar-refractivity contribution in [2.24, 2.45) is 0 Å². The van der Waals surface area contributed by atoms with Crippen molar-refractivity contribution in [3.8, 4) is 0 Å². The molecule has 0 aliphatic carbocycles. The van der Waals surface area contributed by atoms with Crippen LogP contribution in [0.1, 0.15) is 0 Å². The van der Waals surface area contributed by atoms with E-state index in [0.717, 1.165) is 38.8 Å². The van der Waals surface area contributed by atoms with Crippen LogP contribution in [0.5, 0.6) is 0 Å². The Morgan fingerprint density at radius 2 is 0.933 bits per heavy atom. The third kappa shape index (κ3) is 5.56. The lowest BCUT2D eigenvalue weighted by molar-refractivity contribution is 1.20. The van der Waals surface area contributed by atoms with Gasteiger partial charge in [0.15, 0.2) is 16.7 Å². The van der Waals surface area contributed by atoms with E-state index >= 15 is 0 Å². The van der Waals surface area contributed by atoms with E-state index in [2.05, 4.69) is 39.0 Å². The van der Waals surface area contributed by atoms with Crippen molar-refractivity contribution < 1.29 is 0 Å². The minimum Gasteiger partial charge on any atom is -0.199 e. The summed E-state index contributed by atoms with van der Waals surface area (Å²) in [5.74, 6) is 0. The molecule has 0 amide bonds. The first-order valence-electron chi connectivity index (χ1n) is 3.17. The molecule has 0 spiro atoms. The lowest BCUT2D eigenvalue weighted by Gasteiger charge is -1.94. The summed E-state index contributed by atoms with van der Waals surface area (Å²) in [5, 5.41) is 0. The fourth-order valence-electron chi connectivity index (χ4n) is 0.588. The van der Waals surface area contributed by atoms with Gasteiger partial charge in [0.05, 0.1) is 0 Å². The van der Waals surface area contributed by atoms with E-state index < -0.39 is 0 Å². The molecule has 0 saturated heterocycles.